The summed E-state index contributed by atoms with van der Waals surface area (Å²) in [6.45, 7) is 2.76. The molecule has 21 heavy (non-hydrogen) atoms. The van der Waals surface area contributed by atoms with Crippen molar-refractivity contribution < 1.29 is 4.74 Å². The minimum absolute atomic E-state index is 0.745. The summed E-state index contributed by atoms with van der Waals surface area (Å²) in [5, 5.41) is 3.53. The van der Waals surface area contributed by atoms with Gasteiger partial charge in [0.2, 0.25) is 0 Å². The monoisotopic (exact) mass is 306 g/mol. The molecule has 1 aliphatic heterocycles. The highest BCUT2D eigenvalue weighted by Crippen LogP contribution is 2.21. The van der Waals surface area contributed by atoms with Gasteiger partial charge >= 0.3 is 0 Å². The van der Waals surface area contributed by atoms with Crippen molar-refractivity contribution in [2.24, 2.45) is 0 Å². The number of nitrogens with zero attached hydrogens (tertiary/aromatic N) is 1. The molecule has 0 amide bonds. The zero-order valence-electron chi connectivity index (χ0n) is 12.9. The van der Waals surface area contributed by atoms with Crippen LogP contribution in [0, 0.1) is 0 Å². The van der Waals surface area contributed by atoms with Gasteiger partial charge in [-0.05, 0) is 49.8 Å². The fourth-order valence-corrected chi connectivity index (χ4v) is 3.91. The van der Waals surface area contributed by atoms with E-state index in [2.05, 4.69) is 53.3 Å². The summed E-state index contributed by atoms with van der Waals surface area (Å²) >= 11 is 2.06. The second kappa shape index (κ2) is 7.52. The molecule has 116 valence electrons. The van der Waals surface area contributed by atoms with Gasteiger partial charge in [-0.1, -0.05) is 12.1 Å². The van der Waals surface area contributed by atoms with E-state index in [1.54, 1.807) is 0 Å². The molecule has 0 aromatic heterocycles. The predicted molar refractivity (Wildman–Crippen MR) is 90.2 cm³/mol. The Hall–Kier alpha value is -0.710. The lowest BCUT2D eigenvalue weighted by atomic mass is 10.2. The highest BCUT2D eigenvalue weighted by molar-refractivity contribution is 7.99. The van der Waals surface area contributed by atoms with Gasteiger partial charge in [-0.3, -0.25) is 4.90 Å². The number of rotatable bonds is 8. The van der Waals surface area contributed by atoms with Crippen LogP contribution in [0.2, 0.25) is 0 Å². The van der Waals surface area contributed by atoms with Crippen molar-refractivity contribution in [1.29, 1.82) is 0 Å². The van der Waals surface area contributed by atoms with Crippen LogP contribution in [-0.4, -0.2) is 48.7 Å². The second-order valence-corrected chi connectivity index (χ2v) is 7.30. The summed E-state index contributed by atoms with van der Waals surface area (Å²) in [6, 6.07) is 10.0. The number of hydrogen-bond acceptors (Lipinski definition) is 4. The van der Waals surface area contributed by atoms with Crippen LogP contribution < -0.4 is 10.1 Å². The first-order valence-corrected chi connectivity index (χ1v) is 9.20. The van der Waals surface area contributed by atoms with Gasteiger partial charge in [0.25, 0.3) is 0 Å². The maximum Gasteiger partial charge on any atom is 0.119 e. The van der Waals surface area contributed by atoms with Crippen molar-refractivity contribution in [2.75, 3.05) is 31.7 Å². The first kappa shape index (κ1) is 15.2. The molecular weight excluding hydrogens is 280 g/mol. The Balaban J connectivity index is 1.36. The van der Waals surface area contributed by atoms with Crippen LogP contribution in [0.1, 0.15) is 24.8 Å². The van der Waals surface area contributed by atoms with Crippen molar-refractivity contribution in [2.45, 2.75) is 37.9 Å². The van der Waals surface area contributed by atoms with Gasteiger partial charge in [-0.15, -0.1) is 0 Å². The van der Waals surface area contributed by atoms with E-state index in [-0.39, 0.29) is 0 Å². The predicted octanol–water partition coefficient (Wildman–Crippen LogP) is 2.75. The Bertz CT molecular complexity index is 427. The van der Waals surface area contributed by atoms with Crippen molar-refractivity contribution >= 4 is 11.8 Å². The molecule has 1 aromatic carbocycles. The van der Waals surface area contributed by atoms with E-state index in [1.807, 2.05) is 0 Å². The zero-order valence-corrected chi connectivity index (χ0v) is 13.7. The van der Waals surface area contributed by atoms with E-state index < -0.39 is 0 Å². The Kier molecular flexibility index (Phi) is 5.44. The number of benzene rings is 1. The molecule has 1 aromatic rings. The Labute approximate surface area is 132 Å². The maximum atomic E-state index is 5.86. The quantitative estimate of drug-likeness (QED) is 0.798. The van der Waals surface area contributed by atoms with Crippen molar-refractivity contribution in [3.63, 3.8) is 0 Å². The van der Waals surface area contributed by atoms with Crippen LogP contribution in [0.5, 0.6) is 5.75 Å². The molecule has 1 aliphatic carbocycles. The first-order chi connectivity index (χ1) is 10.3. The van der Waals surface area contributed by atoms with Gasteiger partial charge in [-0.2, -0.15) is 11.8 Å². The minimum Gasteiger partial charge on any atom is -0.492 e. The van der Waals surface area contributed by atoms with Crippen molar-refractivity contribution in [3.05, 3.63) is 29.8 Å². The summed E-state index contributed by atoms with van der Waals surface area (Å²) in [4.78, 5) is 2.44. The van der Waals surface area contributed by atoms with Gasteiger partial charge in [0, 0.05) is 30.9 Å². The van der Waals surface area contributed by atoms with Crippen LogP contribution in [-0.2, 0) is 6.54 Å². The van der Waals surface area contributed by atoms with Gasteiger partial charge < -0.3 is 10.1 Å². The lowest BCUT2D eigenvalue weighted by Crippen LogP contribution is -2.34. The molecule has 1 N–H and O–H groups in total. The number of hydrogen-bond donors (Lipinski definition) is 1. The summed E-state index contributed by atoms with van der Waals surface area (Å²) in [5.74, 6) is 3.57. The molecule has 1 atom stereocenters. The standard InChI is InChI=1S/C17H26N2OS/c1-19(16-8-11-21-13-16)9-10-20-17-6-2-14(3-7-17)12-18-15-4-5-15/h2-3,6-7,15-16,18H,4-5,8-13H2,1H3. The van der Waals surface area contributed by atoms with E-state index in [9.17, 15) is 0 Å². The van der Waals surface area contributed by atoms with Crippen LogP contribution in [0.15, 0.2) is 24.3 Å². The zero-order chi connectivity index (χ0) is 14.5. The molecule has 2 aliphatic rings. The number of thioether (sulfide) groups is 1. The van der Waals surface area contributed by atoms with Gasteiger partial charge in [0.15, 0.2) is 0 Å². The number of nitrogens with one attached hydrogen (secondary N) is 1. The Morgan fingerprint density at radius 2 is 2.05 bits per heavy atom. The summed E-state index contributed by atoms with van der Waals surface area (Å²) < 4.78 is 5.86. The average molecular weight is 306 g/mol. The molecule has 0 radical (unpaired) electrons. The molecule has 2 fully saturated rings. The smallest absolute Gasteiger partial charge is 0.119 e. The number of likely N-dealkylation sites (N-methyl/N-ethyl adjacent to an activating group) is 1. The number of ether oxygens (including phenoxy) is 1. The van der Waals surface area contributed by atoms with Crippen molar-refractivity contribution in [1.82, 2.24) is 10.2 Å². The fourth-order valence-electron chi connectivity index (χ4n) is 2.61. The van der Waals surface area contributed by atoms with Gasteiger partial charge in [0.05, 0.1) is 0 Å². The van der Waals surface area contributed by atoms with Crippen LogP contribution in [0.4, 0.5) is 0 Å². The molecule has 3 rings (SSSR count). The van der Waals surface area contributed by atoms with Crippen LogP contribution in [0.25, 0.3) is 0 Å². The molecular formula is C17H26N2OS. The fraction of sp³-hybridized carbons (Fsp3) is 0.647. The highest BCUT2D eigenvalue weighted by Gasteiger charge is 2.20. The summed E-state index contributed by atoms with van der Waals surface area (Å²) in [7, 11) is 2.21. The lowest BCUT2D eigenvalue weighted by Gasteiger charge is -2.23. The largest absolute Gasteiger partial charge is 0.492 e. The Morgan fingerprint density at radius 1 is 1.24 bits per heavy atom. The average Bonchev–Trinajstić information content (AvgIpc) is 3.17. The van der Waals surface area contributed by atoms with Gasteiger partial charge in [0.1, 0.15) is 12.4 Å². The molecule has 3 nitrogen and oxygen atoms in total. The third-order valence-corrected chi connectivity index (χ3v) is 5.48. The van der Waals surface area contributed by atoms with E-state index in [0.29, 0.717) is 0 Å². The van der Waals surface area contributed by atoms with E-state index >= 15 is 0 Å². The van der Waals surface area contributed by atoms with E-state index in [0.717, 1.165) is 37.5 Å². The molecule has 1 unspecified atom stereocenters. The molecule has 4 heteroatoms. The lowest BCUT2D eigenvalue weighted by molar-refractivity contribution is 0.202. The van der Waals surface area contributed by atoms with Crippen LogP contribution in [0.3, 0.4) is 0 Å². The third kappa shape index (κ3) is 4.90. The Morgan fingerprint density at radius 3 is 2.71 bits per heavy atom. The summed E-state index contributed by atoms with van der Waals surface area (Å²) in [5.41, 5.74) is 1.34. The minimum atomic E-state index is 0.745. The van der Waals surface area contributed by atoms with Gasteiger partial charge in [-0.25, -0.2) is 0 Å². The SMILES string of the molecule is CN(CCOc1ccc(CNC2CC2)cc1)C1CCSC1. The maximum absolute atomic E-state index is 5.86. The third-order valence-electron chi connectivity index (χ3n) is 4.34. The molecule has 0 spiro atoms. The normalized spacial score (nSPS) is 21.9. The summed E-state index contributed by atoms with van der Waals surface area (Å²) in [6.07, 6.45) is 4.01. The first-order valence-electron chi connectivity index (χ1n) is 8.04. The van der Waals surface area contributed by atoms with E-state index in [4.69, 9.17) is 4.74 Å². The topological polar surface area (TPSA) is 24.5 Å². The second-order valence-electron chi connectivity index (χ2n) is 6.15. The molecule has 1 saturated heterocycles. The van der Waals surface area contributed by atoms with E-state index in [1.165, 1.54) is 36.3 Å². The van der Waals surface area contributed by atoms with Crippen molar-refractivity contribution in [3.8, 4) is 5.75 Å². The highest BCUT2D eigenvalue weighted by atomic mass is 32.2. The molecule has 1 heterocycles. The molecule has 1 saturated carbocycles. The van der Waals surface area contributed by atoms with Crippen LogP contribution >= 0.6 is 11.8 Å². The molecule has 0 bridgehead atoms.